The van der Waals surface area contributed by atoms with Crippen LogP contribution in [0.5, 0.6) is 5.75 Å². The van der Waals surface area contributed by atoms with Crippen LogP contribution in [0.25, 0.3) is 0 Å². The van der Waals surface area contributed by atoms with E-state index in [4.69, 9.17) is 5.73 Å². The molecule has 0 aliphatic rings. The Labute approximate surface area is 138 Å². The van der Waals surface area contributed by atoms with Crippen LogP contribution in [0.1, 0.15) is 15.9 Å². The van der Waals surface area contributed by atoms with Crippen molar-refractivity contribution in [3.8, 4) is 5.75 Å². The number of hydrogen-bond donors (Lipinski definition) is 3. The molecule has 108 valence electrons. The molecule has 0 spiro atoms. The fraction of sp³-hybridized carbons (Fsp3) is 0. The molecular formula is C14H11Br2N3O2. The lowest BCUT2D eigenvalue weighted by atomic mass is 10.2. The summed E-state index contributed by atoms with van der Waals surface area (Å²) in [4.78, 5) is 11.8. The lowest BCUT2D eigenvalue weighted by Crippen LogP contribution is -2.17. The number of carbonyl (C=O) groups excluding carboxylic acids is 1. The summed E-state index contributed by atoms with van der Waals surface area (Å²) in [5.41, 5.74) is 9.43. The molecule has 0 fully saturated rings. The number of benzene rings is 2. The Balaban J connectivity index is 2.09. The number of halogens is 2. The molecule has 0 unspecified atom stereocenters. The Bertz CT molecular complexity index is 700. The number of carbonyl (C=O) groups is 1. The Kier molecular flexibility index (Phi) is 4.98. The van der Waals surface area contributed by atoms with E-state index in [0.717, 1.165) is 4.47 Å². The van der Waals surface area contributed by atoms with Crippen molar-refractivity contribution >= 4 is 49.7 Å². The molecule has 0 aliphatic heterocycles. The average Bonchev–Trinajstić information content (AvgIpc) is 2.44. The van der Waals surface area contributed by atoms with Gasteiger partial charge in [0.05, 0.1) is 10.7 Å². The van der Waals surface area contributed by atoms with Gasteiger partial charge in [-0.3, -0.25) is 4.79 Å². The zero-order chi connectivity index (χ0) is 15.4. The molecule has 0 radical (unpaired) electrons. The van der Waals surface area contributed by atoms with Crippen molar-refractivity contribution < 1.29 is 9.90 Å². The summed E-state index contributed by atoms with van der Waals surface area (Å²) in [7, 11) is 0. The summed E-state index contributed by atoms with van der Waals surface area (Å²) in [6.45, 7) is 0. The normalized spacial score (nSPS) is 10.8. The fourth-order valence-corrected chi connectivity index (χ4v) is 2.80. The van der Waals surface area contributed by atoms with Gasteiger partial charge in [0.2, 0.25) is 0 Å². The number of amides is 1. The minimum absolute atomic E-state index is 0.0451. The van der Waals surface area contributed by atoms with Crippen molar-refractivity contribution in [3.63, 3.8) is 0 Å². The summed E-state index contributed by atoms with van der Waals surface area (Å²) in [5.74, 6) is -0.316. The Morgan fingerprint density at radius 1 is 1.24 bits per heavy atom. The molecule has 2 aromatic rings. The lowest BCUT2D eigenvalue weighted by molar-refractivity contribution is 0.0955. The van der Waals surface area contributed by atoms with Crippen LogP contribution in [0.2, 0.25) is 0 Å². The SMILES string of the molecule is Nc1ccc(C(=O)N/N=C/c2cc(Br)cc(Br)c2O)cc1. The Morgan fingerprint density at radius 3 is 2.57 bits per heavy atom. The number of anilines is 1. The van der Waals surface area contributed by atoms with Gasteiger partial charge < -0.3 is 10.8 Å². The number of phenols is 1. The zero-order valence-corrected chi connectivity index (χ0v) is 13.8. The largest absolute Gasteiger partial charge is 0.506 e. The summed E-state index contributed by atoms with van der Waals surface area (Å²) < 4.78 is 1.31. The minimum Gasteiger partial charge on any atom is -0.506 e. The second kappa shape index (κ2) is 6.73. The molecule has 0 atom stereocenters. The van der Waals surface area contributed by atoms with E-state index >= 15 is 0 Å². The molecule has 1 amide bonds. The molecule has 0 aromatic heterocycles. The van der Waals surface area contributed by atoms with E-state index < -0.39 is 0 Å². The first-order valence-corrected chi connectivity index (χ1v) is 7.43. The van der Waals surface area contributed by atoms with Crippen molar-refractivity contribution in [3.05, 3.63) is 56.5 Å². The van der Waals surface area contributed by atoms with E-state index in [0.29, 0.717) is 21.3 Å². The van der Waals surface area contributed by atoms with E-state index in [-0.39, 0.29) is 11.7 Å². The van der Waals surface area contributed by atoms with E-state index in [1.165, 1.54) is 6.21 Å². The van der Waals surface area contributed by atoms with Gasteiger partial charge in [-0.15, -0.1) is 0 Å². The molecular weight excluding hydrogens is 402 g/mol. The molecule has 2 rings (SSSR count). The van der Waals surface area contributed by atoms with Crippen LogP contribution in [0, 0.1) is 0 Å². The van der Waals surface area contributed by atoms with Gasteiger partial charge in [-0.2, -0.15) is 5.10 Å². The number of hydrazone groups is 1. The molecule has 0 saturated heterocycles. The standard InChI is InChI=1S/C14H11Br2N3O2/c15-10-5-9(13(20)12(16)6-10)7-18-19-14(21)8-1-3-11(17)4-2-8/h1-7,20H,17H2,(H,19,21)/b18-7+. The van der Waals surface area contributed by atoms with Crippen molar-refractivity contribution in [1.82, 2.24) is 5.43 Å². The summed E-state index contributed by atoms with van der Waals surface area (Å²) >= 11 is 6.53. The smallest absolute Gasteiger partial charge is 0.271 e. The van der Waals surface area contributed by atoms with Gasteiger partial charge in [0, 0.05) is 21.3 Å². The monoisotopic (exact) mass is 411 g/mol. The third kappa shape index (κ3) is 4.05. The first kappa shape index (κ1) is 15.5. The highest BCUT2D eigenvalue weighted by molar-refractivity contribution is 9.11. The highest BCUT2D eigenvalue weighted by atomic mass is 79.9. The van der Waals surface area contributed by atoms with Gasteiger partial charge in [-0.1, -0.05) is 15.9 Å². The maximum atomic E-state index is 11.8. The maximum absolute atomic E-state index is 11.8. The first-order chi connectivity index (χ1) is 9.97. The molecule has 0 heterocycles. The zero-order valence-electron chi connectivity index (χ0n) is 10.7. The number of nitrogens with two attached hydrogens (primary N) is 1. The minimum atomic E-state index is -0.361. The number of phenolic OH excluding ortho intramolecular Hbond substituents is 1. The van der Waals surface area contributed by atoms with Gasteiger partial charge in [0.1, 0.15) is 5.75 Å². The maximum Gasteiger partial charge on any atom is 0.271 e. The Hall–Kier alpha value is -1.86. The van der Waals surface area contributed by atoms with Crippen molar-refractivity contribution in [2.75, 3.05) is 5.73 Å². The van der Waals surface area contributed by atoms with Gasteiger partial charge in [-0.25, -0.2) is 5.43 Å². The average molecular weight is 413 g/mol. The Morgan fingerprint density at radius 2 is 1.90 bits per heavy atom. The topological polar surface area (TPSA) is 87.7 Å². The molecule has 21 heavy (non-hydrogen) atoms. The second-order valence-corrected chi connectivity index (χ2v) is 5.92. The molecule has 7 heteroatoms. The fourth-order valence-electron chi connectivity index (χ4n) is 1.54. The highest BCUT2D eigenvalue weighted by Crippen LogP contribution is 2.30. The first-order valence-electron chi connectivity index (χ1n) is 5.84. The summed E-state index contributed by atoms with van der Waals surface area (Å²) in [6, 6.07) is 9.87. The molecule has 0 aliphatic carbocycles. The number of hydrogen-bond acceptors (Lipinski definition) is 4. The molecule has 0 saturated carbocycles. The van der Waals surface area contributed by atoms with Gasteiger partial charge in [0.25, 0.3) is 5.91 Å². The number of nitrogens with one attached hydrogen (secondary N) is 1. The van der Waals surface area contributed by atoms with Gasteiger partial charge in [0.15, 0.2) is 0 Å². The predicted molar refractivity (Wildman–Crippen MR) is 89.4 cm³/mol. The quantitative estimate of drug-likeness (QED) is 0.410. The number of nitrogens with zero attached hydrogens (tertiary/aromatic N) is 1. The number of nitrogen functional groups attached to an aromatic ring is 1. The number of rotatable bonds is 3. The molecule has 0 bridgehead atoms. The van der Waals surface area contributed by atoms with Crippen LogP contribution in [-0.4, -0.2) is 17.2 Å². The van der Waals surface area contributed by atoms with Crippen LogP contribution in [-0.2, 0) is 0 Å². The van der Waals surface area contributed by atoms with Gasteiger partial charge >= 0.3 is 0 Å². The predicted octanol–water partition coefficient (Wildman–Crippen LogP) is 3.26. The third-order valence-corrected chi connectivity index (χ3v) is 3.66. The van der Waals surface area contributed by atoms with Crippen LogP contribution in [0.15, 0.2) is 50.4 Å². The number of aromatic hydroxyl groups is 1. The van der Waals surface area contributed by atoms with E-state index in [2.05, 4.69) is 42.4 Å². The molecule has 4 N–H and O–H groups in total. The summed E-state index contributed by atoms with van der Waals surface area (Å²) in [6.07, 6.45) is 1.36. The second-order valence-electron chi connectivity index (χ2n) is 4.15. The van der Waals surface area contributed by atoms with Crippen LogP contribution < -0.4 is 11.2 Å². The van der Waals surface area contributed by atoms with Crippen LogP contribution >= 0.6 is 31.9 Å². The van der Waals surface area contributed by atoms with Crippen LogP contribution in [0.3, 0.4) is 0 Å². The third-order valence-electron chi connectivity index (χ3n) is 2.60. The van der Waals surface area contributed by atoms with Crippen molar-refractivity contribution in [2.45, 2.75) is 0 Å². The summed E-state index contributed by atoms with van der Waals surface area (Å²) in [5, 5.41) is 13.7. The van der Waals surface area contributed by atoms with E-state index in [1.807, 2.05) is 0 Å². The lowest BCUT2D eigenvalue weighted by Gasteiger charge is -2.03. The van der Waals surface area contributed by atoms with Gasteiger partial charge in [-0.05, 0) is 52.3 Å². The van der Waals surface area contributed by atoms with E-state index in [1.54, 1.807) is 36.4 Å². The molecule has 2 aromatic carbocycles. The van der Waals surface area contributed by atoms with E-state index in [9.17, 15) is 9.90 Å². The molecule has 5 nitrogen and oxygen atoms in total. The highest BCUT2D eigenvalue weighted by Gasteiger charge is 2.06. The van der Waals surface area contributed by atoms with Crippen LogP contribution in [0.4, 0.5) is 5.69 Å². The van der Waals surface area contributed by atoms with Crippen molar-refractivity contribution in [2.24, 2.45) is 5.10 Å². The van der Waals surface area contributed by atoms with Crippen molar-refractivity contribution in [1.29, 1.82) is 0 Å².